The molecule has 4 rings (SSSR count). The number of fused-ring (bicyclic) bond motifs is 1. The van der Waals surface area contributed by atoms with Gasteiger partial charge < -0.3 is 15.4 Å². The molecule has 1 aromatic heterocycles. The lowest BCUT2D eigenvalue weighted by Crippen LogP contribution is -2.43. The number of ether oxygens (including phenoxy) is 1. The number of benzene rings is 2. The third kappa shape index (κ3) is 3.89. The van der Waals surface area contributed by atoms with Crippen molar-refractivity contribution in [2.75, 3.05) is 7.11 Å². The summed E-state index contributed by atoms with van der Waals surface area (Å²) in [6, 6.07) is 7.71. The summed E-state index contributed by atoms with van der Waals surface area (Å²) in [6.07, 6.45) is 4.95. The summed E-state index contributed by atoms with van der Waals surface area (Å²) in [5, 5.41) is 0.205. The third-order valence-electron chi connectivity index (χ3n) is 5.57. The molecule has 2 aromatic carbocycles. The fourth-order valence-electron chi connectivity index (χ4n) is 4.22. The first-order chi connectivity index (χ1) is 15.4. The third-order valence-corrected chi connectivity index (χ3v) is 5.79. The molecule has 0 saturated heterocycles. The predicted octanol–water partition coefficient (Wildman–Crippen LogP) is 3.63. The van der Waals surface area contributed by atoms with Crippen LogP contribution in [0, 0.1) is 5.82 Å². The molecule has 7 nitrogen and oxygen atoms in total. The van der Waals surface area contributed by atoms with Gasteiger partial charge in [0.2, 0.25) is 5.91 Å². The lowest BCUT2D eigenvalue weighted by atomic mass is 9.99. The molecule has 0 fully saturated rings. The van der Waals surface area contributed by atoms with E-state index in [1.54, 1.807) is 30.3 Å². The van der Waals surface area contributed by atoms with Gasteiger partial charge in [0.25, 0.3) is 5.91 Å². The Morgan fingerprint density at radius 3 is 2.66 bits per heavy atom. The summed E-state index contributed by atoms with van der Waals surface area (Å²) < 4.78 is 20.0. The molecule has 2 amide bonds. The fraction of sp³-hybridized carbons (Fsp3) is 0.217. The highest BCUT2D eigenvalue weighted by Gasteiger charge is 2.41. The van der Waals surface area contributed by atoms with Crippen LogP contribution in [0.4, 0.5) is 4.39 Å². The van der Waals surface area contributed by atoms with Crippen molar-refractivity contribution in [3.8, 4) is 5.75 Å². The van der Waals surface area contributed by atoms with E-state index >= 15 is 0 Å². The number of primary amides is 1. The van der Waals surface area contributed by atoms with E-state index in [1.165, 1.54) is 36.8 Å². The summed E-state index contributed by atoms with van der Waals surface area (Å²) in [5.74, 6) is -1.36. The van der Waals surface area contributed by atoms with Gasteiger partial charge in [-0.3, -0.25) is 9.59 Å². The average molecular weight is 455 g/mol. The van der Waals surface area contributed by atoms with E-state index in [4.69, 9.17) is 22.1 Å². The van der Waals surface area contributed by atoms with Crippen molar-refractivity contribution in [2.45, 2.75) is 24.9 Å². The van der Waals surface area contributed by atoms with Gasteiger partial charge in [-0.25, -0.2) is 14.4 Å². The molecule has 0 spiro atoms. The van der Waals surface area contributed by atoms with Crippen molar-refractivity contribution in [1.29, 1.82) is 0 Å². The average Bonchev–Trinajstić information content (AvgIpc) is 3.20. The monoisotopic (exact) mass is 454 g/mol. The standard InChI is InChI=1S/C23H20ClFN4O3/c1-32-20-5-3-2-4-16(20)23(31)29(21(22(26)30)13-10-27-12-28-11-13)19-7-6-15-17(19)8-14(24)9-18(15)25/h2-5,8-12,19,21H,6-7H2,1H3,(H2,26,30)/t19-,21-/m1/s1. The van der Waals surface area contributed by atoms with Crippen molar-refractivity contribution in [3.05, 3.63) is 88.2 Å². The molecule has 2 atom stereocenters. The number of nitrogens with zero attached hydrogens (tertiary/aromatic N) is 3. The van der Waals surface area contributed by atoms with Crippen molar-refractivity contribution < 1.29 is 18.7 Å². The van der Waals surface area contributed by atoms with E-state index in [2.05, 4.69) is 9.97 Å². The second-order valence-electron chi connectivity index (χ2n) is 7.40. The molecular weight excluding hydrogens is 435 g/mol. The second-order valence-corrected chi connectivity index (χ2v) is 7.84. The number of nitrogens with two attached hydrogens (primary N) is 1. The Morgan fingerprint density at radius 2 is 1.97 bits per heavy atom. The molecule has 0 radical (unpaired) electrons. The molecule has 164 valence electrons. The summed E-state index contributed by atoms with van der Waals surface area (Å²) in [4.78, 5) is 35.9. The molecule has 32 heavy (non-hydrogen) atoms. The first-order valence-corrected chi connectivity index (χ1v) is 10.3. The van der Waals surface area contributed by atoms with E-state index in [9.17, 15) is 14.0 Å². The molecule has 1 heterocycles. The normalized spacial score (nSPS) is 15.7. The first kappa shape index (κ1) is 21.7. The van der Waals surface area contributed by atoms with Crippen LogP contribution in [0.1, 0.15) is 45.6 Å². The lowest BCUT2D eigenvalue weighted by Gasteiger charge is -2.35. The molecule has 9 heteroatoms. The highest BCUT2D eigenvalue weighted by Crippen LogP contribution is 2.43. The maximum absolute atomic E-state index is 14.6. The number of carbonyl (C=O) groups excluding carboxylic acids is 2. The smallest absolute Gasteiger partial charge is 0.259 e. The minimum Gasteiger partial charge on any atom is -0.496 e. The lowest BCUT2D eigenvalue weighted by molar-refractivity contribution is -0.123. The van der Waals surface area contributed by atoms with Gasteiger partial charge in [-0.2, -0.15) is 0 Å². The van der Waals surface area contributed by atoms with Crippen LogP contribution >= 0.6 is 11.6 Å². The number of rotatable bonds is 6. The van der Waals surface area contributed by atoms with Crippen LogP contribution in [0.25, 0.3) is 0 Å². The van der Waals surface area contributed by atoms with Crippen LogP contribution in [0.5, 0.6) is 5.75 Å². The van der Waals surface area contributed by atoms with Gasteiger partial charge in [0, 0.05) is 23.0 Å². The zero-order valence-electron chi connectivity index (χ0n) is 17.2. The van der Waals surface area contributed by atoms with Crippen LogP contribution in [-0.4, -0.2) is 33.8 Å². The van der Waals surface area contributed by atoms with Gasteiger partial charge in [0.05, 0.1) is 18.7 Å². The van der Waals surface area contributed by atoms with Crippen molar-refractivity contribution in [2.24, 2.45) is 5.73 Å². The summed E-state index contributed by atoms with van der Waals surface area (Å²) in [7, 11) is 1.45. The van der Waals surface area contributed by atoms with Crippen LogP contribution in [0.3, 0.4) is 0 Å². The second kappa shape index (κ2) is 8.92. The topological polar surface area (TPSA) is 98.4 Å². The van der Waals surface area contributed by atoms with Crippen LogP contribution in [0.15, 0.2) is 55.1 Å². The molecule has 2 N–H and O–H groups in total. The number of hydrogen-bond acceptors (Lipinski definition) is 5. The molecule has 1 aliphatic rings. The van der Waals surface area contributed by atoms with E-state index in [0.717, 1.165) is 0 Å². The number of para-hydroxylation sites is 1. The fourth-order valence-corrected chi connectivity index (χ4v) is 4.44. The Hall–Kier alpha value is -3.52. The Bertz CT molecular complexity index is 1180. The molecule has 0 unspecified atom stereocenters. The predicted molar refractivity (Wildman–Crippen MR) is 116 cm³/mol. The zero-order chi connectivity index (χ0) is 22.8. The number of amides is 2. The van der Waals surface area contributed by atoms with Crippen molar-refractivity contribution >= 4 is 23.4 Å². The summed E-state index contributed by atoms with van der Waals surface area (Å²) in [6.45, 7) is 0. The Labute approximate surface area is 189 Å². The summed E-state index contributed by atoms with van der Waals surface area (Å²) in [5.41, 5.74) is 7.38. The quantitative estimate of drug-likeness (QED) is 0.613. The molecule has 1 aliphatic carbocycles. The first-order valence-electron chi connectivity index (χ1n) is 9.90. The van der Waals surface area contributed by atoms with Crippen LogP contribution in [-0.2, 0) is 11.2 Å². The number of carbonyl (C=O) groups is 2. The molecule has 0 aliphatic heterocycles. The zero-order valence-corrected chi connectivity index (χ0v) is 17.9. The molecule has 0 bridgehead atoms. The van der Waals surface area contributed by atoms with Crippen molar-refractivity contribution in [1.82, 2.24) is 14.9 Å². The minimum absolute atomic E-state index is 0.205. The Morgan fingerprint density at radius 1 is 1.25 bits per heavy atom. The van der Waals surface area contributed by atoms with E-state index < -0.39 is 29.7 Å². The largest absolute Gasteiger partial charge is 0.496 e. The van der Waals surface area contributed by atoms with E-state index in [-0.39, 0.29) is 10.6 Å². The van der Waals surface area contributed by atoms with Gasteiger partial charge in [0.15, 0.2) is 0 Å². The number of aromatic nitrogens is 2. The number of hydrogen-bond donors (Lipinski definition) is 1. The summed E-state index contributed by atoms with van der Waals surface area (Å²) >= 11 is 6.13. The van der Waals surface area contributed by atoms with E-state index in [0.29, 0.717) is 35.3 Å². The van der Waals surface area contributed by atoms with Crippen LogP contribution in [0.2, 0.25) is 5.02 Å². The highest BCUT2D eigenvalue weighted by molar-refractivity contribution is 6.30. The minimum atomic E-state index is -1.19. The van der Waals surface area contributed by atoms with Gasteiger partial charge in [-0.05, 0) is 48.2 Å². The SMILES string of the molecule is COc1ccccc1C(=O)N([C@@H]1CCc2c(F)cc(Cl)cc21)[C@@H](C(N)=O)c1cncnc1. The molecule has 0 saturated carbocycles. The molecular formula is C23H20ClFN4O3. The molecule has 3 aromatic rings. The Balaban J connectivity index is 1.91. The van der Waals surface area contributed by atoms with Crippen molar-refractivity contribution in [3.63, 3.8) is 0 Å². The number of halogens is 2. The van der Waals surface area contributed by atoms with Gasteiger partial charge in [0.1, 0.15) is 23.9 Å². The highest BCUT2D eigenvalue weighted by atomic mass is 35.5. The van der Waals surface area contributed by atoms with Gasteiger partial charge in [-0.15, -0.1) is 0 Å². The van der Waals surface area contributed by atoms with Gasteiger partial charge in [-0.1, -0.05) is 23.7 Å². The van der Waals surface area contributed by atoms with E-state index in [1.807, 2.05) is 0 Å². The maximum atomic E-state index is 14.6. The maximum Gasteiger partial charge on any atom is 0.259 e. The van der Waals surface area contributed by atoms with Crippen LogP contribution < -0.4 is 10.5 Å². The number of methoxy groups -OCH3 is 1. The Kier molecular flexibility index (Phi) is 6.05. The van der Waals surface area contributed by atoms with Gasteiger partial charge >= 0.3 is 0 Å².